The Morgan fingerprint density at radius 3 is 2.54 bits per heavy atom. The van der Waals surface area contributed by atoms with Gasteiger partial charge in [0.05, 0.1) is 16.2 Å². The molecule has 0 radical (unpaired) electrons. The first-order chi connectivity index (χ1) is 17.5. The van der Waals surface area contributed by atoms with Gasteiger partial charge in [0.25, 0.3) is 11.8 Å². The molecule has 0 aromatic heterocycles. The smallest absolute Gasteiger partial charge is 0.418 e. The molecule has 0 aliphatic carbocycles. The van der Waals surface area contributed by atoms with Crippen LogP contribution >= 0.6 is 39.3 Å². The predicted octanol–water partition coefficient (Wildman–Crippen LogP) is 7.19. The van der Waals surface area contributed by atoms with Crippen LogP contribution in [-0.4, -0.2) is 23.6 Å². The number of hydrogen-bond acceptors (Lipinski definition) is 5. The molecule has 12 heteroatoms. The Morgan fingerprint density at radius 1 is 1.14 bits per heavy atom. The Hall–Kier alpha value is -3.28. The second-order valence-corrected chi connectivity index (χ2v) is 9.98. The van der Waals surface area contributed by atoms with Gasteiger partial charge >= 0.3 is 6.18 Å². The number of benzene rings is 3. The van der Waals surface area contributed by atoms with E-state index in [9.17, 15) is 22.8 Å². The molecule has 1 heterocycles. The number of halogens is 5. The largest absolute Gasteiger partial charge is 0.483 e. The summed E-state index contributed by atoms with van der Waals surface area (Å²) in [5.41, 5.74) is -0.524. The lowest BCUT2D eigenvalue weighted by atomic mass is 10.1. The highest BCUT2D eigenvalue weighted by atomic mass is 79.9. The van der Waals surface area contributed by atoms with Crippen LogP contribution in [0.25, 0.3) is 6.08 Å². The summed E-state index contributed by atoms with van der Waals surface area (Å²) in [6, 6.07) is 16.0. The molecule has 1 saturated heterocycles. The number of hydrogen-bond donors (Lipinski definition) is 2. The van der Waals surface area contributed by atoms with E-state index in [2.05, 4.69) is 21.2 Å². The summed E-state index contributed by atoms with van der Waals surface area (Å²) in [4.78, 5) is 26.2. The Labute approximate surface area is 227 Å². The van der Waals surface area contributed by atoms with Crippen LogP contribution in [0.3, 0.4) is 0 Å². The fraction of sp³-hybridized carbons (Fsp3) is 0.0800. The number of alkyl halides is 3. The summed E-state index contributed by atoms with van der Waals surface area (Å²) in [6.07, 6.45) is -3.29. The number of nitrogens with zero attached hydrogens (tertiary/aromatic N) is 1. The molecule has 2 N–H and O–H groups in total. The van der Waals surface area contributed by atoms with E-state index in [-0.39, 0.29) is 22.4 Å². The molecule has 0 bridgehead atoms. The van der Waals surface area contributed by atoms with Gasteiger partial charge in [-0.15, -0.1) is 0 Å². The Morgan fingerprint density at radius 2 is 1.84 bits per heavy atom. The summed E-state index contributed by atoms with van der Waals surface area (Å²) >= 11 is 9.91. The molecular formula is C25H16BrClF3N3O3S. The van der Waals surface area contributed by atoms with Crippen molar-refractivity contribution in [3.05, 3.63) is 92.3 Å². The number of ether oxygens (including phenoxy) is 1. The highest BCUT2D eigenvalue weighted by Gasteiger charge is 2.40. The molecule has 0 spiro atoms. The van der Waals surface area contributed by atoms with E-state index in [1.807, 2.05) is 0 Å². The van der Waals surface area contributed by atoms with Gasteiger partial charge in [-0.3, -0.25) is 19.9 Å². The molecule has 37 heavy (non-hydrogen) atoms. The lowest BCUT2D eigenvalue weighted by Gasteiger charge is -2.19. The minimum Gasteiger partial charge on any atom is -0.483 e. The van der Waals surface area contributed by atoms with Crippen LogP contribution in [-0.2, 0) is 15.8 Å². The number of rotatable bonds is 6. The zero-order valence-corrected chi connectivity index (χ0v) is 21.8. The third kappa shape index (κ3) is 6.35. The van der Waals surface area contributed by atoms with Gasteiger partial charge in [0, 0.05) is 20.7 Å². The highest BCUT2D eigenvalue weighted by molar-refractivity contribution is 9.10. The molecule has 0 unspecified atom stereocenters. The van der Waals surface area contributed by atoms with Crippen molar-refractivity contribution in [1.82, 2.24) is 0 Å². The van der Waals surface area contributed by atoms with Crippen LogP contribution in [0, 0.1) is 5.41 Å². The van der Waals surface area contributed by atoms with Crippen molar-refractivity contribution in [3.63, 3.8) is 0 Å². The molecule has 4 rings (SSSR count). The Bertz CT molecular complexity index is 1410. The molecule has 3 aromatic carbocycles. The highest BCUT2D eigenvalue weighted by Crippen LogP contribution is 2.42. The van der Waals surface area contributed by atoms with Crippen LogP contribution < -0.4 is 15.0 Å². The maximum Gasteiger partial charge on any atom is 0.418 e. The molecule has 190 valence electrons. The van der Waals surface area contributed by atoms with Crippen molar-refractivity contribution in [2.24, 2.45) is 0 Å². The van der Waals surface area contributed by atoms with Crippen LogP contribution in [0.5, 0.6) is 5.75 Å². The number of amidine groups is 1. The zero-order valence-electron chi connectivity index (χ0n) is 18.6. The molecule has 1 aliphatic rings. The minimum absolute atomic E-state index is 0.0237. The standard InChI is InChI=1S/C25H16BrClF3N3O3S/c26-15-5-10-20(36-13-22(34)32-17-8-6-16(27)7-9-17)14(11-15)12-21-23(35)33(24(31)37-21)19-4-2-1-3-18(19)25(28,29)30/h1-12,31H,13H2,(H,32,34)/b21-12-,31-24?. The number of carbonyl (C=O) groups excluding carboxylic acids is 2. The Kier molecular flexibility index (Phi) is 7.96. The fourth-order valence-corrected chi connectivity index (χ4v) is 4.74. The topological polar surface area (TPSA) is 82.5 Å². The molecule has 6 nitrogen and oxygen atoms in total. The van der Waals surface area contributed by atoms with E-state index >= 15 is 0 Å². The van der Waals surface area contributed by atoms with Crippen molar-refractivity contribution in [1.29, 1.82) is 5.41 Å². The average Bonchev–Trinajstić information content (AvgIpc) is 3.12. The van der Waals surface area contributed by atoms with Crippen molar-refractivity contribution in [2.75, 3.05) is 16.8 Å². The number of para-hydroxylation sites is 1. The van der Waals surface area contributed by atoms with Gasteiger partial charge in [-0.1, -0.05) is 39.7 Å². The van der Waals surface area contributed by atoms with Crippen LogP contribution in [0.2, 0.25) is 5.02 Å². The average molecular weight is 611 g/mol. The summed E-state index contributed by atoms with van der Waals surface area (Å²) in [7, 11) is 0. The van der Waals surface area contributed by atoms with Gasteiger partial charge in [-0.05, 0) is 72.4 Å². The van der Waals surface area contributed by atoms with E-state index in [4.69, 9.17) is 21.7 Å². The van der Waals surface area contributed by atoms with E-state index in [1.54, 1.807) is 42.5 Å². The van der Waals surface area contributed by atoms with Crippen molar-refractivity contribution in [3.8, 4) is 5.75 Å². The summed E-state index contributed by atoms with van der Waals surface area (Å²) in [6.45, 7) is -0.345. The van der Waals surface area contributed by atoms with E-state index in [1.165, 1.54) is 18.2 Å². The van der Waals surface area contributed by atoms with Crippen LogP contribution in [0.1, 0.15) is 11.1 Å². The molecule has 2 amide bonds. The molecule has 3 aromatic rings. The molecule has 1 aliphatic heterocycles. The van der Waals surface area contributed by atoms with Crippen LogP contribution in [0.15, 0.2) is 76.1 Å². The molecule has 0 saturated carbocycles. The van der Waals surface area contributed by atoms with Gasteiger partial charge in [-0.25, -0.2) is 0 Å². The normalized spacial score (nSPS) is 14.8. The first kappa shape index (κ1) is 26.8. The first-order valence-corrected chi connectivity index (χ1v) is 12.5. The number of anilines is 2. The lowest BCUT2D eigenvalue weighted by molar-refractivity contribution is -0.137. The summed E-state index contributed by atoms with van der Waals surface area (Å²) in [5, 5.41) is 11.0. The van der Waals surface area contributed by atoms with Gasteiger partial charge in [-0.2, -0.15) is 13.2 Å². The third-order valence-electron chi connectivity index (χ3n) is 5.02. The number of amides is 2. The summed E-state index contributed by atoms with van der Waals surface area (Å²) < 4.78 is 46.8. The Balaban J connectivity index is 1.56. The van der Waals surface area contributed by atoms with Crippen molar-refractivity contribution >= 4 is 73.7 Å². The summed E-state index contributed by atoms with van der Waals surface area (Å²) in [5.74, 6) is -0.957. The second kappa shape index (κ2) is 11.0. The van der Waals surface area contributed by atoms with Gasteiger partial charge < -0.3 is 10.1 Å². The van der Waals surface area contributed by atoms with E-state index in [0.717, 1.165) is 28.8 Å². The van der Waals surface area contributed by atoms with E-state index < -0.39 is 29.2 Å². The first-order valence-electron chi connectivity index (χ1n) is 10.5. The zero-order chi connectivity index (χ0) is 26.7. The monoisotopic (exact) mass is 609 g/mol. The van der Waals surface area contributed by atoms with Crippen molar-refractivity contribution in [2.45, 2.75) is 6.18 Å². The number of carbonyl (C=O) groups is 2. The lowest BCUT2D eigenvalue weighted by Crippen LogP contribution is -2.30. The van der Waals surface area contributed by atoms with Gasteiger partial charge in [0.15, 0.2) is 11.8 Å². The van der Waals surface area contributed by atoms with Crippen LogP contribution in [0.4, 0.5) is 24.5 Å². The van der Waals surface area contributed by atoms with Crippen molar-refractivity contribution < 1.29 is 27.5 Å². The van der Waals surface area contributed by atoms with E-state index in [0.29, 0.717) is 20.7 Å². The maximum absolute atomic E-state index is 13.5. The SMILES string of the molecule is N=C1S/C(=C\c2cc(Br)ccc2OCC(=O)Nc2ccc(Cl)cc2)C(=O)N1c1ccccc1C(F)(F)F. The minimum atomic E-state index is -4.70. The number of thioether (sulfide) groups is 1. The molecule has 1 fully saturated rings. The maximum atomic E-state index is 13.5. The van der Waals surface area contributed by atoms with Gasteiger partial charge in [0.1, 0.15) is 5.75 Å². The fourth-order valence-electron chi connectivity index (χ4n) is 3.39. The third-order valence-corrected chi connectivity index (χ3v) is 6.65. The second-order valence-electron chi connectivity index (χ2n) is 7.60. The van der Waals surface area contributed by atoms with Gasteiger partial charge in [0.2, 0.25) is 0 Å². The molecular weight excluding hydrogens is 595 g/mol. The predicted molar refractivity (Wildman–Crippen MR) is 142 cm³/mol. The quantitative estimate of drug-likeness (QED) is 0.289. The number of nitrogens with one attached hydrogen (secondary N) is 2. The molecule has 0 atom stereocenters.